The fraction of sp³-hybridized carbons (Fsp3) is 0.111. The summed E-state index contributed by atoms with van der Waals surface area (Å²) in [7, 11) is 0. The lowest BCUT2D eigenvalue weighted by molar-refractivity contribution is 0.482. The first-order valence-electron chi connectivity index (χ1n) is 6.62. The summed E-state index contributed by atoms with van der Waals surface area (Å²) < 4.78 is 6.11. The van der Waals surface area contributed by atoms with Gasteiger partial charge in [0.05, 0.1) is 0 Å². The van der Waals surface area contributed by atoms with E-state index in [1.807, 2.05) is 30.3 Å². The first-order valence-corrected chi connectivity index (χ1v) is 6.62. The van der Waals surface area contributed by atoms with E-state index in [0.717, 1.165) is 17.9 Å². The third kappa shape index (κ3) is 2.32. The molecule has 3 aromatic rings. The van der Waals surface area contributed by atoms with Crippen molar-refractivity contribution >= 4 is 10.8 Å². The number of rotatable bonds is 3. The molecular formula is C18H16O. The third-order valence-corrected chi connectivity index (χ3v) is 3.31. The molecule has 0 unspecified atom stereocenters. The second kappa shape index (κ2) is 5.15. The van der Waals surface area contributed by atoms with Crippen molar-refractivity contribution in [2.24, 2.45) is 0 Å². The monoisotopic (exact) mass is 248 g/mol. The summed E-state index contributed by atoms with van der Waals surface area (Å²) in [5, 5.41) is 2.39. The summed E-state index contributed by atoms with van der Waals surface area (Å²) >= 11 is 0. The zero-order valence-corrected chi connectivity index (χ0v) is 11.0. The van der Waals surface area contributed by atoms with E-state index in [4.69, 9.17) is 4.74 Å². The molecule has 0 aliphatic heterocycles. The Morgan fingerprint density at radius 2 is 1.53 bits per heavy atom. The molecular weight excluding hydrogens is 232 g/mol. The van der Waals surface area contributed by atoms with Gasteiger partial charge in [-0.1, -0.05) is 61.5 Å². The first-order chi connectivity index (χ1) is 9.38. The zero-order valence-electron chi connectivity index (χ0n) is 11.0. The van der Waals surface area contributed by atoms with Crippen LogP contribution >= 0.6 is 0 Å². The molecule has 19 heavy (non-hydrogen) atoms. The average molecular weight is 248 g/mol. The van der Waals surface area contributed by atoms with Crippen LogP contribution in [0.15, 0.2) is 66.7 Å². The fourth-order valence-electron chi connectivity index (χ4n) is 2.29. The summed E-state index contributed by atoms with van der Waals surface area (Å²) in [4.78, 5) is 0. The van der Waals surface area contributed by atoms with E-state index in [1.54, 1.807) is 0 Å². The minimum absolute atomic E-state index is 0.883. The lowest BCUT2D eigenvalue weighted by Crippen LogP contribution is -1.92. The van der Waals surface area contributed by atoms with Crippen molar-refractivity contribution < 1.29 is 4.74 Å². The van der Waals surface area contributed by atoms with Gasteiger partial charge in [-0.05, 0) is 29.5 Å². The second-order valence-electron chi connectivity index (χ2n) is 4.54. The molecule has 3 rings (SSSR count). The first kappa shape index (κ1) is 11.8. The molecule has 0 bridgehead atoms. The zero-order chi connectivity index (χ0) is 13.1. The minimum Gasteiger partial charge on any atom is -0.456 e. The molecule has 0 fully saturated rings. The third-order valence-electron chi connectivity index (χ3n) is 3.31. The molecule has 0 aliphatic rings. The van der Waals surface area contributed by atoms with Crippen LogP contribution in [-0.4, -0.2) is 0 Å². The molecule has 94 valence electrons. The van der Waals surface area contributed by atoms with Gasteiger partial charge in [-0.2, -0.15) is 0 Å². The number of benzene rings is 3. The molecule has 0 amide bonds. The van der Waals surface area contributed by atoms with Gasteiger partial charge in [-0.3, -0.25) is 0 Å². The van der Waals surface area contributed by atoms with Crippen molar-refractivity contribution in [1.29, 1.82) is 0 Å². The number of fused-ring (bicyclic) bond motifs is 1. The SMILES string of the molecule is CCc1ccc2ccccc2c1Oc1ccccc1. The van der Waals surface area contributed by atoms with Crippen LogP contribution < -0.4 is 4.74 Å². The predicted molar refractivity (Wildman–Crippen MR) is 79.8 cm³/mol. The van der Waals surface area contributed by atoms with Gasteiger partial charge < -0.3 is 4.74 Å². The van der Waals surface area contributed by atoms with E-state index < -0.39 is 0 Å². The van der Waals surface area contributed by atoms with Gasteiger partial charge in [0.2, 0.25) is 0 Å². The predicted octanol–water partition coefficient (Wildman–Crippen LogP) is 5.19. The highest BCUT2D eigenvalue weighted by Gasteiger charge is 2.08. The minimum atomic E-state index is 0.883. The number of para-hydroxylation sites is 1. The van der Waals surface area contributed by atoms with Crippen molar-refractivity contribution in [2.45, 2.75) is 13.3 Å². The van der Waals surface area contributed by atoms with E-state index in [1.165, 1.54) is 16.3 Å². The summed E-state index contributed by atoms with van der Waals surface area (Å²) in [6.45, 7) is 2.15. The van der Waals surface area contributed by atoms with Gasteiger partial charge in [-0.25, -0.2) is 0 Å². The Morgan fingerprint density at radius 1 is 0.789 bits per heavy atom. The summed E-state index contributed by atoms with van der Waals surface area (Å²) in [6, 6.07) is 22.6. The number of aryl methyl sites for hydroxylation is 1. The topological polar surface area (TPSA) is 9.23 Å². The van der Waals surface area contributed by atoms with Crippen molar-refractivity contribution in [3.63, 3.8) is 0 Å². The van der Waals surface area contributed by atoms with Crippen LogP contribution in [0, 0.1) is 0 Å². The molecule has 0 aliphatic carbocycles. The smallest absolute Gasteiger partial charge is 0.138 e. The number of ether oxygens (including phenoxy) is 1. The summed E-state index contributed by atoms with van der Waals surface area (Å²) in [5.41, 5.74) is 1.24. The molecule has 0 radical (unpaired) electrons. The maximum atomic E-state index is 6.11. The highest BCUT2D eigenvalue weighted by Crippen LogP contribution is 2.33. The number of hydrogen-bond donors (Lipinski definition) is 0. The lowest BCUT2D eigenvalue weighted by Gasteiger charge is -2.13. The van der Waals surface area contributed by atoms with Gasteiger partial charge in [-0.15, -0.1) is 0 Å². The average Bonchev–Trinajstić information content (AvgIpc) is 2.49. The lowest BCUT2D eigenvalue weighted by atomic mass is 10.0. The Bertz CT molecular complexity index is 686. The molecule has 0 aromatic heterocycles. The molecule has 0 saturated carbocycles. The Kier molecular flexibility index (Phi) is 3.20. The van der Waals surface area contributed by atoms with Gasteiger partial charge >= 0.3 is 0 Å². The van der Waals surface area contributed by atoms with Crippen LogP contribution in [0.1, 0.15) is 12.5 Å². The Labute approximate surface area is 113 Å². The van der Waals surface area contributed by atoms with Crippen LogP contribution in [0.5, 0.6) is 11.5 Å². The van der Waals surface area contributed by atoms with Gasteiger partial charge in [0.1, 0.15) is 11.5 Å². The Morgan fingerprint density at radius 3 is 2.32 bits per heavy atom. The highest BCUT2D eigenvalue weighted by molar-refractivity contribution is 5.89. The van der Waals surface area contributed by atoms with E-state index >= 15 is 0 Å². The van der Waals surface area contributed by atoms with Crippen molar-refractivity contribution in [3.8, 4) is 11.5 Å². The van der Waals surface area contributed by atoms with Crippen LogP contribution in [0.2, 0.25) is 0 Å². The van der Waals surface area contributed by atoms with E-state index in [9.17, 15) is 0 Å². The van der Waals surface area contributed by atoms with Gasteiger partial charge in [0.15, 0.2) is 0 Å². The van der Waals surface area contributed by atoms with Crippen LogP contribution in [0.3, 0.4) is 0 Å². The molecule has 0 atom stereocenters. The van der Waals surface area contributed by atoms with Crippen molar-refractivity contribution in [3.05, 3.63) is 72.3 Å². The van der Waals surface area contributed by atoms with Crippen LogP contribution in [0.4, 0.5) is 0 Å². The summed E-state index contributed by atoms with van der Waals surface area (Å²) in [5.74, 6) is 1.86. The number of hydrogen-bond acceptors (Lipinski definition) is 1. The van der Waals surface area contributed by atoms with E-state index in [2.05, 4.69) is 43.3 Å². The Balaban J connectivity index is 2.15. The van der Waals surface area contributed by atoms with Gasteiger partial charge in [0.25, 0.3) is 0 Å². The van der Waals surface area contributed by atoms with E-state index in [0.29, 0.717) is 0 Å². The molecule has 0 spiro atoms. The second-order valence-corrected chi connectivity index (χ2v) is 4.54. The molecule has 0 heterocycles. The molecule has 3 aromatic carbocycles. The van der Waals surface area contributed by atoms with Crippen molar-refractivity contribution in [2.75, 3.05) is 0 Å². The maximum Gasteiger partial charge on any atom is 0.138 e. The fourth-order valence-corrected chi connectivity index (χ4v) is 2.29. The Hall–Kier alpha value is -2.28. The van der Waals surface area contributed by atoms with Gasteiger partial charge in [0, 0.05) is 5.39 Å². The molecule has 0 saturated heterocycles. The maximum absolute atomic E-state index is 6.11. The molecule has 1 nitrogen and oxygen atoms in total. The standard InChI is InChI=1S/C18H16O/c1-2-14-12-13-15-8-6-7-11-17(15)18(14)19-16-9-4-3-5-10-16/h3-13H,2H2,1H3. The van der Waals surface area contributed by atoms with Crippen molar-refractivity contribution in [1.82, 2.24) is 0 Å². The van der Waals surface area contributed by atoms with E-state index in [-0.39, 0.29) is 0 Å². The molecule has 1 heteroatoms. The normalized spacial score (nSPS) is 10.6. The largest absolute Gasteiger partial charge is 0.456 e. The highest BCUT2D eigenvalue weighted by atomic mass is 16.5. The van der Waals surface area contributed by atoms with Crippen LogP contribution in [0.25, 0.3) is 10.8 Å². The van der Waals surface area contributed by atoms with Crippen LogP contribution in [-0.2, 0) is 6.42 Å². The quantitative estimate of drug-likeness (QED) is 0.619. The summed E-state index contributed by atoms with van der Waals surface area (Å²) in [6.07, 6.45) is 0.965. The molecule has 0 N–H and O–H groups in total.